The van der Waals surface area contributed by atoms with E-state index in [2.05, 4.69) is 24.1 Å². The smallest absolute Gasteiger partial charge is 0.152 e. The second-order valence-corrected chi connectivity index (χ2v) is 4.88. The number of fused-ring (bicyclic) bond motifs is 2. The fraction of sp³-hybridized carbons (Fsp3) is 0.308. The zero-order chi connectivity index (χ0) is 13.5. The summed E-state index contributed by atoms with van der Waals surface area (Å²) in [7, 11) is 0. The van der Waals surface area contributed by atoms with Crippen LogP contribution >= 0.6 is 0 Å². The lowest BCUT2D eigenvalue weighted by Gasteiger charge is -2.27. The standard InChI is InChI=1S/C13H15N7/c14-7-10-13(16-11-3-1-2-4-20(10)11)18-5-6-19-9-15-17-12(19)8-18/h1-4,9H,5-8,14H2. The normalized spacial score (nSPS) is 14.8. The van der Waals surface area contributed by atoms with Crippen molar-refractivity contribution >= 4 is 11.5 Å². The summed E-state index contributed by atoms with van der Waals surface area (Å²) < 4.78 is 4.13. The molecule has 3 aromatic heterocycles. The second-order valence-electron chi connectivity index (χ2n) is 4.88. The van der Waals surface area contributed by atoms with Gasteiger partial charge >= 0.3 is 0 Å². The average molecular weight is 269 g/mol. The summed E-state index contributed by atoms with van der Waals surface area (Å²) in [6, 6.07) is 5.97. The van der Waals surface area contributed by atoms with Gasteiger partial charge in [0, 0.05) is 25.8 Å². The van der Waals surface area contributed by atoms with E-state index in [0.717, 1.165) is 42.6 Å². The molecular formula is C13H15N7. The maximum atomic E-state index is 5.92. The molecule has 3 aromatic rings. The molecular weight excluding hydrogens is 254 g/mol. The third kappa shape index (κ3) is 1.60. The van der Waals surface area contributed by atoms with E-state index in [9.17, 15) is 0 Å². The summed E-state index contributed by atoms with van der Waals surface area (Å²) in [6.07, 6.45) is 3.78. The van der Waals surface area contributed by atoms with E-state index >= 15 is 0 Å². The highest BCUT2D eigenvalue weighted by Crippen LogP contribution is 2.24. The van der Waals surface area contributed by atoms with E-state index in [1.807, 2.05) is 24.4 Å². The number of hydrogen-bond donors (Lipinski definition) is 1. The molecule has 0 aliphatic carbocycles. The summed E-state index contributed by atoms with van der Waals surface area (Å²) in [5.74, 6) is 1.92. The van der Waals surface area contributed by atoms with Crippen molar-refractivity contribution in [2.24, 2.45) is 5.73 Å². The van der Waals surface area contributed by atoms with E-state index in [-0.39, 0.29) is 0 Å². The Hall–Kier alpha value is -2.41. The molecule has 0 unspecified atom stereocenters. The van der Waals surface area contributed by atoms with Gasteiger partial charge in [-0.15, -0.1) is 10.2 Å². The van der Waals surface area contributed by atoms with Crippen molar-refractivity contribution < 1.29 is 0 Å². The Labute approximate surface area is 115 Å². The van der Waals surface area contributed by atoms with Gasteiger partial charge in [-0.25, -0.2) is 4.98 Å². The van der Waals surface area contributed by atoms with Crippen LogP contribution in [0.1, 0.15) is 11.5 Å². The van der Waals surface area contributed by atoms with Crippen molar-refractivity contribution in [1.29, 1.82) is 0 Å². The van der Waals surface area contributed by atoms with E-state index in [1.165, 1.54) is 0 Å². The van der Waals surface area contributed by atoms with E-state index in [1.54, 1.807) is 6.33 Å². The fourth-order valence-electron chi connectivity index (χ4n) is 2.72. The van der Waals surface area contributed by atoms with Crippen LogP contribution in [0, 0.1) is 0 Å². The highest BCUT2D eigenvalue weighted by atomic mass is 15.3. The zero-order valence-electron chi connectivity index (χ0n) is 11.0. The van der Waals surface area contributed by atoms with E-state index in [4.69, 9.17) is 10.7 Å². The number of rotatable bonds is 2. The molecule has 1 aliphatic rings. The monoisotopic (exact) mass is 269 g/mol. The van der Waals surface area contributed by atoms with Gasteiger partial charge in [-0.1, -0.05) is 6.07 Å². The van der Waals surface area contributed by atoms with Gasteiger partial charge in [0.15, 0.2) is 11.6 Å². The third-order valence-electron chi connectivity index (χ3n) is 3.74. The molecule has 1 aliphatic heterocycles. The van der Waals surface area contributed by atoms with Crippen molar-refractivity contribution in [3.05, 3.63) is 42.2 Å². The number of nitrogens with two attached hydrogens (primary N) is 1. The predicted molar refractivity (Wildman–Crippen MR) is 74.2 cm³/mol. The van der Waals surface area contributed by atoms with Gasteiger partial charge in [-0.2, -0.15) is 0 Å². The van der Waals surface area contributed by atoms with Crippen molar-refractivity contribution in [2.75, 3.05) is 11.4 Å². The van der Waals surface area contributed by atoms with Gasteiger partial charge in [-0.3, -0.25) is 0 Å². The van der Waals surface area contributed by atoms with Gasteiger partial charge in [-0.05, 0) is 12.1 Å². The molecule has 0 saturated carbocycles. The van der Waals surface area contributed by atoms with E-state index < -0.39 is 0 Å². The van der Waals surface area contributed by atoms with Crippen molar-refractivity contribution in [3.8, 4) is 0 Å². The number of nitrogens with zero attached hydrogens (tertiary/aromatic N) is 6. The van der Waals surface area contributed by atoms with Crippen molar-refractivity contribution in [3.63, 3.8) is 0 Å². The van der Waals surface area contributed by atoms with Crippen LogP contribution < -0.4 is 10.6 Å². The van der Waals surface area contributed by atoms with Crippen LogP contribution in [0.3, 0.4) is 0 Å². The maximum absolute atomic E-state index is 5.92. The Morgan fingerprint density at radius 2 is 2.20 bits per heavy atom. The summed E-state index contributed by atoms with van der Waals surface area (Å²) >= 11 is 0. The quantitative estimate of drug-likeness (QED) is 0.729. The Balaban J connectivity index is 1.79. The number of imidazole rings is 1. The molecule has 0 bridgehead atoms. The van der Waals surface area contributed by atoms with Crippen molar-refractivity contribution in [2.45, 2.75) is 19.6 Å². The van der Waals surface area contributed by atoms with Gasteiger partial charge in [0.25, 0.3) is 0 Å². The van der Waals surface area contributed by atoms with Gasteiger partial charge in [0.1, 0.15) is 12.0 Å². The minimum atomic E-state index is 0.462. The summed E-state index contributed by atoms with van der Waals surface area (Å²) in [5.41, 5.74) is 7.88. The van der Waals surface area contributed by atoms with Crippen molar-refractivity contribution in [1.82, 2.24) is 24.1 Å². The molecule has 0 radical (unpaired) electrons. The highest BCUT2D eigenvalue weighted by Gasteiger charge is 2.22. The predicted octanol–water partition coefficient (Wildman–Crippen LogP) is 0.405. The van der Waals surface area contributed by atoms with Gasteiger partial charge in [0.05, 0.1) is 12.2 Å². The lowest BCUT2D eigenvalue weighted by molar-refractivity contribution is 0.555. The van der Waals surface area contributed by atoms with E-state index in [0.29, 0.717) is 6.54 Å². The lowest BCUT2D eigenvalue weighted by Crippen LogP contribution is -2.34. The molecule has 0 aromatic carbocycles. The molecule has 0 amide bonds. The lowest BCUT2D eigenvalue weighted by atomic mass is 10.3. The molecule has 2 N–H and O–H groups in total. The molecule has 0 fully saturated rings. The molecule has 20 heavy (non-hydrogen) atoms. The van der Waals surface area contributed by atoms with Gasteiger partial charge in [0.2, 0.25) is 0 Å². The Kier molecular flexibility index (Phi) is 2.46. The molecule has 4 heterocycles. The minimum absolute atomic E-state index is 0.462. The average Bonchev–Trinajstić information content (AvgIpc) is 3.10. The Morgan fingerprint density at radius 1 is 1.25 bits per heavy atom. The molecule has 7 heteroatoms. The Morgan fingerprint density at radius 3 is 3.10 bits per heavy atom. The third-order valence-corrected chi connectivity index (χ3v) is 3.74. The maximum Gasteiger partial charge on any atom is 0.152 e. The second kappa shape index (κ2) is 4.31. The first kappa shape index (κ1) is 11.4. The van der Waals surface area contributed by atoms with Crippen LogP contribution in [0.25, 0.3) is 5.65 Å². The minimum Gasteiger partial charge on any atom is -0.346 e. The molecule has 0 atom stereocenters. The van der Waals surface area contributed by atoms with Crippen LogP contribution in [0.2, 0.25) is 0 Å². The molecule has 0 saturated heterocycles. The van der Waals surface area contributed by atoms with Gasteiger partial charge < -0.3 is 19.6 Å². The van der Waals surface area contributed by atoms with Crippen LogP contribution in [0.4, 0.5) is 5.82 Å². The van der Waals surface area contributed by atoms with Crippen LogP contribution in [0.5, 0.6) is 0 Å². The molecule has 102 valence electrons. The topological polar surface area (TPSA) is 77.3 Å². The number of hydrogen-bond acceptors (Lipinski definition) is 5. The van der Waals surface area contributed by atoms with Crippen LogP contribution in [-0.4, -0.2) is 30.7 Å². The first-order valence-corrected chi connectivity index (χ1v) is 6.64. The summed E-state index contributed by atoms with van der Waals surface area (Å²) in [4.78, 5) is 6.94. The number of aromatic nitrogens is 5. The molecule has 7 nitrogen and oxygen atoms in total. The SMILES string of the molecule is NCc1c(N2CCn3cnnc3C2)nc2ccccn12. The molecule has 4 rings (SSSR count). The molecule has 0 spiro atoms. The Bertz CT molecular complexity index is 757. The first-order valence-electron chi connectivity index (χ1n) is 6.64. The number of anilines is 1. The van der Waals surface area contributed by atoms with Crippen LogP contribution in [0.15, 0.2) is 30.7 Å². The highest BCUT2D eigenvalue weighted by molar-refractivity contribution is 5.56. The summed E-state index contributed by atoms with van der Waals surface area (Å²) in [6.45, 7) is 2.95. The van der Waals surface area contributed by atoms with Crippen LogP contribution in [-0.2, 0) is 19.6 Å². The zero-order valence-corrected chi connectivity index (χ0v) is 11.0. The number of pyridine rings is 1. The first-order chi connectivity index (χ1) is 9.86. The fourth-order valence-corrected chi connectivity index (χ4v) is 2.72. The summed E-state index contributed by atoms with van der Waals surface area (Å²) in [5, 5.41) is 8.10. The largest absolute Gasteiger partial charge is 0.346 e.